The second-order valence-electron chi connectivity index (χ2n) is 5.69. The second kappa shape index (κ2) is 7.94. The van der Waals surface area contributed by atoms with E-state index in [0.29, 0.717) is 25.9 Å². The molecule has 0 saturated carbocycles. The summed E-state index contributed by atoms with van der Waals surface area (Å²) in [6.45, 7) is 4.98. The Morgan fingerprint density at radius 3 is 2.68 bits per heavy atom. The Balaban J connectivity index is 1.85. The van der Waals surface area contributed by atoms with E-state index in [4.69, 9.17) is 5.11 Å². The Morgan fingerprint density at radius 1 is 1.32 bits per heavy atom. The maximum absolute atomic E-state index is 12.3. The van der Waals surface area contributed by atoms with Crippen LogP contribution < -0.4 is 0 Å². The number of benzene rings is 1. The van der Waals surface area contributed by atoms with E-state index >= 15 is 0 Å². The lowest BCUT2D eigenvalue weighted by Crippen LogP contribution is -2.41. The normalized spacial score (nSPS) is 17.9. The van der Waals surface area contributed by atoms with Crippen LogP contribution in [0.4, 0.5) is 0 Å². The summed E-state index contributed by atoms with van der Waals surface area (Å²) in [6, 6.07) is 9.53. The van der Waals surface area contributed by atoms with E-state index in [0.717, 1.165) is 19.5 Å². The van der Waals surface area contributed by atoms with Crippen molar-refractivity contribution in [2.24, 2.45) is 0 Å². The van der Waals surface area contributed by atoms with Crippen LogP contribution in [0.2, 0.25) is 0 Å². The molecule has 1 fully saturated rings. The lowest BCUT2D eigenvalue weighted by Gasteiger charge is -2.24. The Labute approximate surface area is 131 Å². The fourth-order valence-electron chi connectivity index (χ4n) is 2.91. The van der Waals surface area contributed by atoms with Crippen LogP contribution in [0.15, 0.2) is 30.3 Å². The Hall–Kier alpha value is -1.88. The summed E-state index contributed by atoms with van der Waals surface area (Å²) < 4.78 is 0. The van der Waals surface area contributed by atoms with Gasteiger partial charge in [0.2, 0.25) is 5.91 Å². The average molecular weight is 304 g/mol. The lowest BCUT2D eigenvalue weighted by atomic mass is 10.2. The van der Waals surface area contributed by atoms with Crippen LogP contribution in [0.25, 0.3) is 0 Å². The zero-order chi connectivity index (χ0) is 15.9. The van der Waals surface area contributed by atoms with E-state index in [-0.39, 0.29) is 5.91 Å². The first-order valence-corrected chi connectivity index (χ1v) is 7.90. The molecule has 0 aromatic heterocycles. The van der Waals surface area contributed by atoms with Gasteiger partial charge in [-0.25, -0.2) is 4.79 Å². The lowest BCUT2D eigenvalue weighted by molar-refractivity contribution is -0.148. The molecule has 1 amide bonds. The summed E-state index contributed by atoms with van der Waals surface area (Å²) in [4.78, 5) is 27.2. The van der Waals surface area contributed by atoms with Gasteiger partial charge in [0.25, 0.3) is 0 Å². The average Bonchev–Trinajstić information content (AvgIpc) is 3.02. The van der Waals surface area contributed by atoms with Gasteiger partial charge in [0.05, 0.1) is 0 Å². The highest BCUT2D eigenvalue weighted by Crippen LogP contribution is 2.18. The predicted molar refractivity (Wildman–Crippen MR) is 84.4 cm³/mol. The van der Waals surface area contributed by atoms with E-state index in [1.807, 2.05) is 18.2 Å². The minimum absolute atomic E-state index is 0.0450. The van der Waals surface area contributed by atoms with Crippen LogP contribution >= 0.6 is 0 Å². The van der Waals surface area contributed by atoms with Gasteiger partial charge in [0, 0.05) is 26.1 Å². The summed E-state index contributed by atoms with van der Waals surface area (Å²) in [5.41, 5.74) is 1.22. The topological polar surface area (TPSA) is 60.9 Å². The first-order valence-electron chi connectivity index (χ1n) is 7.90. The molecule has 0 spiro atoms. The standard InChI is InChI=1S/C17H24N2O3/c1-2-18(13-14-7-4-3-5-8-14)12-10-16(20)19-11-6-9-15(19)17(21)22/h3-5,7-8,15H,2,6,9-13H2,1H3,(H,21,22). The highest BCUT2D eigenvalue weighted by atomic mass is 16.4. The number of hydrogen-bond donors (Lipinski definition) is 1. The van der Waals surface area contributed by atoms with Crippen LogP contribution in [0.3, 0.4) is 0 Å². The molecule has 1 heterocycles. The van der Waals surface area contributed by atoms with E-state index in [2.05, 4.69) is 24.0 Å². The molecular weight excluding hydrogens is 280 g/mol. The number of carboxylic acids is 1. The molecule has 1 atom stereocenters. The van der Waals surface area contributed by atoms with Gasteiger partial charge in [-0.05, 0) is 24.9 Å². The van der Waals surface area contributed by atoms with E-state index in [1.54, 1.807) is 0 Å². The number of rotatable bonds is 7. The molecule has 1 N–H and O–H groups in total. The van der Waals surface area contributed by atoms with E-state index in [1.165, 1.54) is 10.5 Å². The third-order valence-electron chi connectivity index (χ3n) is 4.20. The summed E-state index contributed by atoms with van der Waals surface area (Å²) in [5.74, 6) is -0.932. The van der Waals surface area contributed by atoms with Gasteiger partial charge < -0.3 is 10.0 Å². The van der Waals surface area contributed by atoms with Gasteiger partial charge in [-0.3, -0.25) is 9.69 Å². The fraction of sp³-hybridized carbons (Fsp3) is 0.529. The van der Waals surface area contributed by atoms with Gasteiger partial charge in [-0.1, -0.05) is 37.3 Å². The van der Waals surface area contributed by atoms with Crippen molar-refractivity contribution >= 4 is 11.9 Å². The highest BCUT2D eigenvalue weighted by molar-refractivity contribution is 5.84. The summed E-state index contributed by atoms with van der Waals surface area (Å²) in [6.07, 6.45) is 1.73. The first-order chi connectivity index (χ1) is 10.6. The van der Waals surface area contributed by atoms with Crippen LogP contribution in [-0.4, -0.2) is 52.5 Å². The van der Waals surface area contributed by atoms with Crippen molar-refractivity contribution in [3.8, 4) is 0 Å². The quantitative estimate of drug-likeness (QED) is 0.836. The Morgan fingerprint density at radius 2 is 2.05 bits per heavy atom. The first kappa shape index (κ1) is 16.5. The maximum Gasteiger partial charge on any atom is 0.326 e. The smallest absolute Gasteiger partial charge is 0.326 e. The van der Waals surface area contributed by atoms with Gasteiger partial charge >= 0.3 is 5.97 Å². The van der Waals surface area contributed by atoms with Gasteiger partial charge in [-0.2, -0.15) is 0 Å². The summed E-state index contributed by atoms with van der Waals surface area (Å²) >= 11 is 0. The molecule has 5 nitrogen and oxygen atoms in total. The van der Waals surface area contributed by atoms with Gasteiger partial charge in [0.15, 0.2) is 0 Å². The third kappa shape index (κ3) is 4.31. The molecule has 5 heteroatoms. The van der Waals surface area contributed by atoms with Crippen molar-refractivity contribution < 1.29 is 14.7 Å². The Bertz CT molecular complexity index is 504. The number of nitrogens with zero attached hydrogens (tertiary/aromatic N) is 2. The summed E-state index contributed by atoms with van der Waals surface area (Å²) in [5, 5.41) is 9.15. The Kier molecular flexibility index (Phi) is 5.95. The van der Waals surface area contributed by atoms with Crippen LogP contribution in [0.1, 0.15) is 31.7 Å². The molecular formula is C17H24N2O3. The van der Waals surface area contributed by atoms with Gasteiger partial charge in [-0.15, -0.1) is 0 Å². The fourth-order valence-corrected chi connectivity index (χ4v) is 2.91. The van der Waals surface area contributed by atoms with Crippen LogP contribution in [0, 0.1) is 0 Å². The van der Waals surface area contributed by atoms with E-state index < -0.39 is 12.0 Å². The molecule has 0 bridgehead atoms. The number of aliphatic carboxylic acids is 1. The molecule has 2 rings (SSSR count). The molecule has 0 radical (unpaired) electrons. The van der Waals surface area contributed by atoms with Crippen molar-refractivity contribution in [3.05, 3.63) is 35.9 Å². The van der Waals surface area contributed by atoms with Crippen LogP contribution in [0.5, 0.6) is 0 Å². The maximum atomic E-state index is 12.3. The van der Waals surface area contributed by atoms with Gasteiger partial charge in [0.1, 0.15) is 6.04 Å². The van der Waals surface area contributed by atoms with Crippen LogP contribution in [-0.2, 0) is 16.1 Å². The minimum atomic E-state index is -0.887. The molecule has 1 aromatic rings. The van der Waals surface area contributed by atoms with E-state index in [9.17, 15) is 9.59 Å². The number of carboxylic acid groups (broad SMARTS) is 1. The molecule has 1 saturated heterocycles. The number of carbonyl (C=O) groups is 2. The van der Waals surface area contributed by atoms with Crippen molar-refractivity contribution in [1.29, 1.82) is 0 Å². The zero-order valence-corrected chi connectivity index (χ0v) is 13.1. The molecule has 1 aliphatic heterocycles. The number of likely N-dealkylation sites (tertiary alicyclic amines) is 1. The number of amides is 1. The third-order valence-corrected chi connectivity index (χ3v) is 4.20. The predicted octanol–water partition coefficient (Wildman–Crippen LogP) is 1.97. The largest absolute Gasteiger partial charge is 0.480 e. The summed E-state index contributed by atoms with van der Waals surface area (Å²) in [7, 11) is 0. The zero-order valence-electron chi connectivity index (χ0n) is 13.1. The molecule has 1 aromatic carbocycles. The van der Waals surface area contributed by atoms with Crippen molar-refractivity contribution in [3.63, 3.8) is 0 Å². The number of hydrogen-bond acceptors (Lipinski definition) is 3. The molecule has 0 aliphatic carbocycles. The monoisotopic (exact) mass is 304 g/mol. The minimum Gasteiger partial charge on any atom is -0.480 e. The van der Waals surface area contributed by atoms with Crippen molar-refractivity contribution in [1.82, 2.24) is 9.80 Å². The SMILES string of the molecule is CCN(CCC(=O)N1CCCC1C(=O)O)Cc1ccccc1. The van der Waals surface area contributed by atoms with Crippen molar-refractivity contribution in [2.45, 2.75) is 38.8 Å². The number of carbonyl (C=O) groups excluding carboxylic acids is 1. The molecule has 120 valence electrons. The second-order valence-corrected chi connectivity index (χ2v) is 5.69. The molecule has 1 unspecified atom stereocenters. The van der Waals surface area contributed by atoms with Crippen molar-refractivity contribution in [2.75, 3.05) is 19.6 Å². The highest BCUT2D eigenvalue weighted by Gasteiger charge is 2.33. The molecule has 1 aliphatic rings. The molecule has 22 heavy (non-hydrogen) atoms.